The van der Waals surface area contributed by atoms with Gasteiger partial charge in [0, 0.05) is 0 Å². The number of halogens is 1. The van der Waals surface area contributed by atoms with Crippen molar-refractivity contribution in [3.63, 3.8) is 0 Å². The Balaban J connectivity index is 1.95. The van der Waals surface area contributed by atoms with Gasteiger partial charge in [0.15, 0.2) is 0 Å². The molecular weight excluding hydrogens is 203 g/mol. The van der Waals surface area contributed by atoms with Crippen LogP contribution in [0.2, 0.25) is 0 Å². The maximum absolute atomic E-state index is 13.2. The Morgan fingerprint density at radius 3 is 2.44 bits per heavy atom. The molecule has 0 aromatic heterocycles. The standard InChI is InChI=1S/C14H17FO/c1-9-8-10(6-7-13(9)15)14(16)11-4-2-3-5-12(11)14/h6-8,11-12,16H,2-5H2,1H3. The minimum atomic E-state index is -0.644. The van der Waals surface area contributed by atoms with Crippen LogP contribution in [-0.2, 0) is 5.60 Å². The van der Waals surface area contributed by atoms with E-state index in [1.807, 2.05) is 6.07 Å². The first-order valence-corrected chi connectivity index (χ1v) is 6.13. The van der Waals surface area contributed by atoms with Gasteiger partial charge in [-0.25, -0.2) is 4.39 Å². The molecule has 0 heterocycles. The highest BCUT2D eigenvalue weighted by atomic mass is 19.1. The third-order valence-corrected chi connectivity index (χ3v) is 4.41. The summed E-state index contributed by atoms with van der Waals surface area (Å²) in [5, 5.41) is 10.7. The number of aryl methyl sites for hydroxylation is 1. The zero-order valence-electron chi connectivity index (χ0n) is 9.54. The van der Waals surface area contributed by atoms with Crippen LogP contribution < -0.4 is 0 Å². The Morgan fingerprint density at radius 2 is 1.88 bits per heavy atom. The summed E-state index contributed by atoms with van der Waals surface area (Å²) in [7, 11) is 0. The predicted octanol–water partition coefficient (Wildman–Crippen LogP) is 3.14. The molecule has 0 radical (unpaired) electrons. The van der Waals surface area contributed by atoms with E-state index in [4.69, 9.17) is 0 Å². The third kappa shape index (κ3) is 1.26. The number of rotatable bonds is 1. The molecule has 1 aromatic carbocycles. The van der Waals surface area contributed by atoms with Crippen molar-refractivity contribution in [1.29, 1.82) is 0 Å². The molecule has 1 aromatic rings. The van der Waals surface area contributed by atoms with Crippen LogP contribution >= 0.6 is 0 Å². The van der Waals surface area contributed by atoms with E-state index in [1.165, 1.54) is 18.9 Å². The van der Waals surface area contributed by atoms with E-state index >= 15 is 0 Å². The summed E-state index contributed by atoms with van der Waals surface area (Å²) in [6.45, 7) is 1.76. The summed E-state index contributed by atoms with van der Waals surface area (Å²) in [5.74, 6) is 0.660. The lowest BCUT2D eigenvalue weighted by Gasteiger charge is -2.12. The molecule has 2 fully saturated rings. The van der Waals surface area contributed by atoms with Crippen molar-refractivity contribution < 1.29 is 9.50 Å². The van der Waals surface area contributed by atoms with Crippen LogP contribution in [0.1, 0.15) is 36.8 Å². The Hall–Kier alpha value is -0.890. The van der Waals surface area contributed by atoms with Gasteiger partial charge in [0.2, 0.25) is 0 Å². The summed E-state index contributed by atoms with van der Waals surface area (Å²) in [4.78, 5) is 0. The maximum Gasteiger partial charge on any atom is 0.126 e. The van der Waals surface area contributed by atoms with Gasteiger partial charge in [0.1, 0.15) is 5.82 Å². The van der Waals surface area contributed by atoms with Crippen LogP contribution in [0, 0.1) is 24.6 Å². The molecule has 16 heavy (non-hydrogen) atoms. The van der Waals surface area contributed by atoms with Crippen molar-refractivity contribution in [3.05, 3.63) is 35.1 Å². The van der Waals surface area contributed by atoms with Crippen LogP contribution in [0.4, 0.5) is 4.39 Å². The highest BCUT2D eigenvalue weighted by Gasteiger charge is 2.64. The fourth-order valence-corrected chi connectivity index (χ4v) is 3.41. The van der Waals surface area contributed by atoms with E-state index in [1.54, 1.807) is 13.0 Å². The molecule has 2 saturated carbocycles. The summed E-state index contributed by atoms with van der Waals surface area (Å²) < 4.78 is 13.2. The molecule has 2 aliphatic rings. The molecule has 3 rings (SSSR count). The van der Waals surface area contributed by atoms with Gasteiger partial charge in [0.05, 0.1) is 5.60 Å². The molecule has 1 nitrogen and oxygen atoms in total. The maximum atomic E-state index is 13.2. The van der Waals surface area contributed by atoms with Crippen molar-refractivity contribution >= 4 is 0 Å². The minimum Gasteiger partial charge on any atom is -0.385 e. The van der Waals surface area contributed by atoms with Crippen LogP contribution in [0.15, 0.2) is 18.2 Å². The molecule has 2 atom stereocenters. The summed E-state index contributed by atoms with van der Waals surface area (Å²) in [6, 6.07) is 5.04. The smallest absolute Gasteiger partial charge is 0.126 e. The Bertz CT molecular complexity index is 415. The zero-order chi connectivity index (χ0) is 11.3. The van der Waals surface area contributed by atoms with Gasteiger partial charge < -0.3 is 5.11 Å². The van der Waals surface area contributed by atoms with Gasteiger partial charge in [-0.05, 0) is 48.8 Å². The van der Waals surface area contributed by atoms with Gasteiger partial charge in [-0.15, -0.1) is 0 Å². The molecule has 0 bridgehead atoms. The average molecular weight is 220 g/mol. The molecule has 0 amide bonds. The lowest BCUT2D eigenvalue weighted by molar-refractivity contribution is 0.118. The molecular formula is C14H17FO. The summed E-state index contributed by atoms with van der Waals surface area (Å²) in [5.41, 5.74) is 0.910. The second-order valence-electron chi connectivity index (χ2n) is 5.29. The number of hydrogen-bond donors (Lipinski definition) is 1. The second-order valence-corrected chi connectivity index (χ2v) is 5.29. The fourth-order valence-electron chi connectivity index (χ4n) is 3.41. The summed E-state index contributed by atoms with van der Waals surface area (Å²) >= 11 is 0. The predicted molar refractivity (Wildman–Crippen MR) is 60.5 cm³/mol. The molecule has 2 heteroatoms. The lowest BCUT2D eigenvalue weighted by atomic mass is 10.0. The number of aliphatic hydroxyl groups is 1. The number of hydrogen-bond acceptors (Lipinski definition) is 1. The average Bonchev–Trinajstić information content (AvgIpc) is 2.91. The molecule has 86 valence electrons. The van der Waals surface area contributed by atoms with Gasteiger partial charge in [-0.3, -0.25) is 0 Å². The molecule has 0 saturated heterocycles. The molecule has 1 N–H and O–H groups in total. The van der Waals surface area contributed by atoms with E-state index in [0.717, 1.165) is 18.4 Å². The van der Waals surface area contributed by atoms with Gasteiger partial charge in [0.25, 0.3) is 0 Å². The van der Waals surface area contributed by atoms with E-state index in [2.05, 4.69) is 0 Å². The Kier molecular flexibility index (Phi) is 2.12. The van der Waals surface area contributed by atoms with E-state index in [9.17, 15) is 9.50 Å². The highest BCUT2D eigenvalue weighted by Crippen LogP contribution is 2.64. The minimum absolute atomic E-state index is 0.184. The van der Waals surface area contributed by atoms with Crippen LogP contribution in [-0.4, -0.2) is 5.11 Å². The first-order chi connectivity index (χ1) is 7.64. The summed E-state index contributed by atoms with van der Waals surface area (Å²) in [6.07, 6.45) is 4.70. The number of benzene rings is 1. The normalized spacial score (nSPS) is 36.9. The molecule has 2 unspecified atom stereocenters. The topological polar surface area (TPSA) is 20.2 Å². The molecule has 0 aliphatic heterocycles. The Labute approximate surface area is 95.3 Å². The van der Waals surface area contributed by atoms with Crippen LogP contribution in [0.3, 0.4) is 0 Å². The second kappa shape index (κ2) is 3.30. The van der Waals surface area contributed by atoms with Crippen molar-refractivity contribution in [2.24, 2.45) is 11.8 Å². The Morgan fingerprint density at radius 1 is 1.25 bits per heavy atom. The molecule has 0 spiro atoms. The van der Waals surface area contributed by atoms with Crippen molar-refractivity contribution in [2.45, 2.75) is 38.2 Å². The van der Waals surface area contributed by atoms with E-state index in [0.29, 0.717) is 17.4 Å². The first kappa shape index (κ1) is 10.3. The largest absolute Gasteiger partial charge is 0.385 e. The third-order valence-electron chi connectivity index (χ3n) is 4.41. The van der Waals surface area contributed by atoms with E-state index < -0.39 is 5.60 Å². The first-order valence-electron chi connectivity index (χ1n) is 6.13. The van der Waals surface area contributed by atoms with Gasteiger partial charge >= 0.3 is 0 Å². The molecule has 2 aliphatic carbocycles. The quantitative estimate of drug-likeness (QED) is 0.771. The monoisotopic (exact) mass is 220 g/mol. The van der Waals surface area contributed by atoms with Crippen molar-refractivity contribution in [3.8, 4) is 0 Å². The van der Waals surface area contributed by atoms with Crippen molar-refractivity contribution in [1.82, 2.24) is 0 Å². The number of fused-ring (bicyclic) bond motifs is 1. The van der Waals surface area contributed by atoms with Crippen molar-refractivity contribution in [2.75, 3.05) is 0 Å². The fraction of sp³-hybridized carbons (Fsp3) is 0.571. The zero-order valence-corrected chi connectivity index (χ0v) is 9.54. The highest BCUT2D eigenvalue weighted by molar-refractivity contribution is 5.36. The van der Waals surface area contributed by atoms with Gasteiger partial charge in [-0.2, -0.15) is 0 Å². The lowest BCUT2D eigenvalue weighted by Crippen LogP contribution is -2.10. The van der Waals surface area contributed by atoms with Crippen LogP contribution in [0.5, 0.6) is 0 Å². The SMILES string of the molecule is Cc1cc(C2(O)C3CCCCC32)ccc1F. The van der Waals surface area contributed by atoms with E-state index in [-0.39, 0.29) is 5.82 Å². The van der Waals surface area contributed by atoms with Crippen LogP contribution in [0.25, 0.3) is 0 Å². The van der Waals surface area contributed by atoms with Gasteiger partial charge in [-0.1, -0.05) is 25.0 Å².